The van der Waals surface area contributed by atoms with Crippen LogP contribution in [-0.2, 0) is 29.1 Å². The highest BCUT2D eigenvalue weighted by molar-refractivity contribution is 7.89. The van der Waals surface area contributed by atoms with Crippen LogP contribution in [0.1, 0.15) is 26.2 Å². The van der Waals surface area contributed by atoms with E-state index in [2.05, 4.69) is 9.47 Å². The number of piperidine rings is 1. The third kappa shape index (κ3) is 4.17. The van der Waals surface area contributed by atoms with E-state index in [0.29, 0.717) is 12.8 Å². The van der Waals surface area contributed by atoms with E-state index in [0.717, 1.165) is 10.7 Å². The second-order valence-electron chi connectivity index (χ2n) is 4.21. The molecule has 0 amide bonds. The van der Waals surface area contributed by atoms with Crippen molar-refractivity contribution in [1.82, 2.24) is 4.31 Å². The summed E-state index contributed by atoms with van der Waals surface area (Å²) in [6.07, 6.45) is 1.83. The molecule has 1 aliphatic rings. The maximum atomic E-state index is 12.1. The summed E-state index contributed by atoms with van der Waals surface area (Å²) in [6, 6.07) is -0.835. The topological polar surface area (TPSA) is 90.0 Å². The Hall–Kier alpha value is -1.15. The molecule has 1 atom stereocenters. The highest BCUT2D eigenvalue weighted by Gasteiger charge is 2.38. The summed E-state index contributed by atoms with van der Waals surface area (Å²) in [6.45, 7) is 1.94. The van der Waals surface area contributed by atoms with Gasteiger partial charge in [0, 0.05) is 6.54 Å². The molecular formula is C11H19NO6S. The van der Waals surface area contributed by atoms with Crippen LogP contribution in [0.25, 0.3) is 0 Å². The van der Waals surface area contributed by atoms with Gasteiger partial charge < -0.3 is 9.47 Å². The van der Waals surface area contributed by atoms with Gasteiger partial charge in [0.1, 0.15) is 6.04 Å². The number of sulfonamides is 1. The fraction of sp³-hybridized carbons (Fsp3) is 0.818. The van der Waals surface area contributed by atoms with Crippen molar-refractivity contribution in [1.29, 1.82) is 0 Å². The first-order valence-electron chi connectivity index (χ1n) is 6.15. The van der Waals surface area contributed by atoms with Crippen molar-refractivity contribution < 1.29 is 27.5 Å². The van der Waals surface area contributed by atoms with E-state index in [1.165, 1.54) is 7.11 Å². The molecule has 0 N–H and O–H groups in total. The first-order valence-corrected chi connectivity index (χ1v) is 7.76. The van der Waals surface area contributed by atoms with Gasteiger partial charge in [0.2, 0.25) is 10.0 Å². The van der Waals surface area contributed by atoms with Crippen LogP contribution >= 0.6 is 0 Å². The first-order chi connectivity index (χ1) is 8.92. The Morgan fingerprint density at radius 3 is 2.58 bits per heavy atom. The van der Waals surface area contributed by atoms with Crippen LogP contribution in [0.15, 0.2) is 0 Å². The zero-order valence-corrected chi connectivity index (χ0v) is 11.9. The Balaban J connectivity index is 2.84. The van der Waals surface area contributed by atoms with Crippen LogP contribution in [0.4, 0.5) is 0 Å². The third-order valence-electron chi connectivity index (χ3n) is 2.89. The average molecular weight is 293 g/mol. The smallest absolute Gasteiger partial charge is 0.324 e. The maximum Gasteiger partial charge on any atom is 0.324 e. The molecular weight excluding hydrogens is 274 g/mol. The van der Waals surface area contributed by atoms with Gasteiger partial charge in [-0.25, -0.2) is 8.42 Å². The summed E-state index contributed by atoms with van der Waals surface area (Å²) in [4.78, 5) is 22.9. The molecule has 0 aromatic carbocycles. The summed E-state index contributed by atoms with van der Waals surface area (Å²) in [5, 5.41) is 0. The fourth-order valence-electron chi connectivity index (χ4n) is 2.04. The number of methoxy groups -OCH3 is 1. The molecule has 110 valence electrons. The van der Waals surface area contributed by atoms with Crippen molar-refractivity contribution >= 4 is 22.0 Å². The van der Waals surface area contributed by atoms with Crippen molar-refractivity contribution in [2.75, 3.05) is 26.0 Å². The van der Waals surface area contributed by atoms with Gasteiger partial charge in [-0.2, -0.15) is 4.31 Å². The molecule has 19 heavy (non-hydrogen) atoms. The zero-order chi connectivity index (χ0) is 14.5. The number of rotatable bonds is 5. The summed E-state index contributed by atoms with van der Waals surface area (Å²) < 4.78 is 34.5. The highest BCUT2D eigenvalue weighted by atomic mass is 32.2. The van der Waals surface area contributed by atoms with E-state index in [4.69, 9.17) is 0 Å². The predicted octanol–water partition coefficient (Wildman–Crippen LogP) is -0.0932. The van der Waals surface area contributed by atoms with Crippen LogP contribution < -0.4 is 0 Å². The molecule has 1 rings (SSSR count). The minimum Gasteiger partial charge on any atom is -0.468 e. The number of ether oxygens (including phenoxy) is 2. The number of nitrogens with zero attached hydrogens (tertiary/aromatic N) is 1. The van der Waals surface area contributed by atoms with E-state index < -0.39 is 33.8 Å². The molecule has 0 radical (unpaired) electrons. The van der Waals surface area contributed by atoms with Crippen LogP contribution in [0.5, 0.6) is 0 Å². The lowest BCUT2D eigenvalue weighted by Gasteiger charge is -2.32. The molecule has 0 aliphatic carbocycles. The van der Waals surface area contributed by atoms with Crippen molar-refractivity contribution in [3.63, 3.8) is 0 Å². The highest BCUT2D eigenvalue weighted by Crippen LogP contribution is 2.21. The van der Waals surface area contributed by atoms with E-state index >= 15 is 0 Å². The van der Waals surface area contributed by atoms with Gasteiger partial charge in [0.05, 0.1) is 13.7 Å². The molecule has 1 heterocycles. The monoisotopic (exact) mass is 293 g/mol. The largest absolute Gasteiger partial charge is 0.468 e. The van der Waals surface area contributed by atoms with Crippen LogP contribution in [0.2, 0.25) is 0 Å². The zero-order valence-electron chi connectivity index (χ0n) is 11.1. The molecule has 1 fully saturated rings. The molecule has 0 saturated carbocycles. The second-order valence-corrected chi connectivity index (χ2v) is 6.13. The number of hydrogen-bond acceptors (Lipinski definition) is 6. The van der Waals surface area contributed by atoms with Crippen molar-refractivity contribution in [2.45, 2.75) is 32.2 Å². The van der Waals surface area contributed by atoms with Crippen LogP contribution in [0, 0.1) is 0 Å². The Bertz CT molecular complexity index is 432. The minimum absolute atomic E-state index is 0.120. The summed E-state index contributed by atoms with van der Waals surface area (Å²) in [7, 11) is -2.64. The van der Waals surface area contributed by atoms with Gasteiger partial charge in [-0.15, -0.1) is 0 Å². The second kappa shape index (κ2) is 6.85. The first kappa shape index (κ1) is 15.9. The Morgan fingerprint density at radius 1 is 1.32 bits per heavy atom. The fourth-order valence-corrected chi connectivity index (χ4v) is 3.58. The van der Waals surface area contributed by atoms with Gasteiger partial charge >= 0.3 is 11.9 Å². The molecule has 1 aliphatic heterocycles. The van der Waals surface area contributed by atoms with E-state index in [-0.39, 0.29) is 13.2 Å². The number of carbonyl (C=O) groups is 2. The van der Waals surface area contributed by atoms with E-state index in [9.17, 15) is 18.0 Å². The normalized spacial score (nSPS) is 20.8. The summed E-state index contributed by atoms with van der Waals surface area (Å²) in [5.74, 6) is -2.14. The molecule has 1 unspecified atom stereocenters. The van der Waals surface area contributed by atoms with Gasteiger partial charge in [-0.1, -0.05) is 0 Å². The number of hydrogen-bond donors (Lipinski definition) is 0. The average Bonchev–Trinajstić information content (AvgIpc) is 2.37. The molecule has 1 saturated heterocycles. The maximum absolute atomic E-state index is 12.1. The number of esters is 2. The molecule has 0 spiro atoms. The quantitative estimate of drug-likeness (QED) is 0.658. The molecule has 8 heteroatoms. The Labute approximate surface area is 112 Å². The minimum atomic E-state index is -3.85. The lowest BCUT2D eigenvalue weighted by atomic mass is 10.1. The van der Waals surface area contributed by atoms with Crippen LogP contribution in [-0.4, -0.2) is 56.7 Å². The van der Waals surface area contributed by atoms with Crippen molar-refractivity contribution in [3.05, 3.63) is 0 Å². The van der Waals surface area contributed by atoms with Gasteiger partial charge in [0.25, 0.3) is 0 Å². The predicted molar refractivity (Wildman–Crippen MR) is 66.8 cm³/mol. The standard InChI is InChI=1S/C11H19NO6S/c1-3-18-10(13)8-19(15,16)12-7-5-4-6-9(12)11(14)17-2/h9H,3-8H2,1-2H3. The number of carbonyl (C=O) groups excluding carboxylic acids is 2. The lowest BCUT2D eigenvalue weighted by Crippen LogP contribution is -2.50. The van der Waals surface area contributed by atoms with E-state index in [1.807, 2.05) is 0 Å². The molecule has 0 bridgehead atoms. The molecule has 0 aromatic rings. The Kier molecular flexibility index (Phi) is 5.74. The lowest BCUT2D eigenvalue weighted by molar-refractivity contribution is -0.146. The summed E-state index contributed by atoms with van der Waals surface area (Å²) >= 11 is 0. The SMILES string of the molecule is CCOC(=O)CS(=O)(=O)N1CCCCC1C(=O)OC. The summed E-state index contributed by atoms with van der Waals surface area (Å²) in [5.41, 5.74) is 0. The van der Waals surface area contributed by atoms with Crippen molar-refractivity contribution in [3.8, 4) is 0 Å². The van der Waals surface area contributed by atoms with Gasteiger partial charge in [-0.05, 0) is 26.2 Å². The van der Waals surface area contributed by atoms with E-state index in [1.54, 1.807) is 6.92 Å². The molecule has 7 nitrogen and oxygen atoms in total. The molecule has 0 aromatic heterocycles. The van der Waals surface area contributed by atoms with Crippen LogP contribution in [0.3, 0.4) is 0 Å². The Morgan fingerprint density at radius 2 is 2.00 bits per heavy atom. The van der Waals surface area contributed by atoms with Gasteiger partial charge in [0.15, 0.2) is 5.75 Å². The third-order valence-corrected chi connectivity index (χ3v) is 4.64. The van der Waals surface area contributed by atoms with Crippen molar-refractivity contribution in [2.24, 2.45) is 0 Å². The van der Waals surface area contributed by atoms with Gasteiger partial charge in [-0.3, -0.25) is 9.59 Å².